The van der Waals surface area contributed by atoms with E-state index in [0.29, 0.717) is 11.8 Å². The molecular weight excluding hydrogens is 316 g/mol. The summed E-state index contributed by atoms with van der Waals surface area (Å²) in [6.07, 6.45) is 2.90. The van der Waals surface area contributed by atoms with E-state index in [2.05, 4.69) is 0 Å². The number of imide groups is 1. The molecule has 0 N–H and O–H groups in total. The first-order chi connectivity index (χ1) is 11.5. The van der Waals surface area contributed by atoms with E-state index in [0.717, 1.165) is 4.90 Å². The Kier molecular flexibility index (Phi) is 2.95. The maximum Gasteiger partial charge on any atom is 0.304 e. The van der Waals surface area contributed by atoms with E-state index in [9.17, 15) is 24.5 Å². The van der Waals surface area contributed by atoms with Crippen molar-refractivity contribution in [3.8, 4) is 0 Å². The Balaban J connectivity index is 1.86. The highest BCUT2D eigenvalue weighted by Gasteiger charge is 2.61. The van der Waals surface area contributed by atoms with Crippen molar-refractivity contribution >= 4 is 29.5 Å². The molecule has 4 atom stereocenters. The molecule has 2 amide bonds. The number of nitrogens with zero attached hydrogens (tertiary/aromatic N) is 2. The minimum atomic E-state index is -0.732. The minimum Gasteiger partial charge on any atom is -0.365 e. The van der Waals surface area contributed by atoms with Gasteiger partial charge in [0.1, 0.15) is 5.69 Å². The summed E-state index contributed by atoms with van der Waals surface area (Å²) in [4.78, 5) is 48.3. The van der Waals surface area contributed by atoms with Gasteiger partial charge in [-0.3, -0.25) is 24.5 Å². The third-order valence-electron chi connectivity index (χ3n) is 4.87. The first-order valence-corrected chi connectivity index (χ1v) is 7.40. The summed E-state index contributed by atoms with van der Waals surface area (Å²) in [7, 11) is 0. The van der Waals surface area contributed by atoms with Crippen LogP contribution in [0.15, 0.2) is 24.3 Å². The van der Waals surface area contributed by atoms with Gasteiger partial charge >= 0.3 is 5.69 Å². The van der Waals surface area contributed by atoms with E-state index in [1.54, 1.807) is 19.1 Å². The molecule has 2 saturated heterocycles. The number of fused-ring (bicyclic) bond motifs is 5. The van der Waals surface area contributed by atoms with Crippen molar-refractivity contribution in [1.29, 1.82) is 0 Å². The van der Waals surface area contributed by atoms with E-state index < -0.39 is 46.5 Å². The second-order valence-corrected chi connectivity index (χ2v) is 6.05. The first kappa shape index (κ1) is 14.7. The van der Waals surface area contributed by atoms with Crippen molar-refractivity contribution in [3.05, 3.63) is 45.5 Å². The van der Waals surface area contributed by atoms with Crippen LogP contribution in [0, 0.1) is 28.9 Å². The number of benzene rings is 1. The Morgan fingerprint density at radius 3 is 2.25 bits per heavy atom. The van der Waals surface area contributed by atoms with Gasteiger partial charge < -0.3 is 4.74 Å². The molecule has 3 aliphatic heterocycles. The third kappa shape index (κ3) is 1.68. The maximum atomic E-state index is 12.7. The molecule has 3 aliphatic rings. The number of aryl methyl sites for hydroxylation is 1. The largest absolute Gasteiger partial charge is 0.365 e. The molecule has 1 aromatic rings. The lowest BCUT2D eigenvalue weighted by molar-refractivity contribution is -0.384. The molecule has 122 valence electrons. The fourth-order valence-electron chi connectivity index (χ4n) is 3.76. The average Bonchev–Trinajstić information content (AvgIpc) is 3.21. The summed E-state index contributed by atoms with van der Waals surface area (Å²) in [6, 6.07) is 2.83. The monoisotopic (exact) mass is 328 g/mol. The Hall–Kier alpha value is -2.87. The minimum absolute atomic E-state index is 0.132. The molecule has 4 rings (SSSR count). The molecule has 0 aromatic heterocycles. The molecule has 0 aliphatic carbocycles. The molecule has 0 spiro atoms. The van der Waals surface area contributed by atoms with Crippen molar-refractivity contribution in [2.75, 3.05) is 4.90 Å². The highest BCUT2D eigenvalue weighted by Crippen LogP contribution is 2.48. The molecule has 24 heavy (non-hydrogen) atoms. The van der Waals surface area contributed by atoms with Crippen molar-refractivity contribution in [3.63, 3.8) is 0 Å². The van der Waals surface area contributed by atoms with Gasteiger partial charge in [-0.1, -0.05) is 18.2 Å². The number of amides is 2. The number of anilines is 1. The molecule has 1 aromatic carbocycles. The highest BCUT2D eigenvalue weighted by atomic mass is 16.6. The number of hydrogen-bond donors (Lipinski definition) is 0. The zero-order chi connectivity index (χ0) is 17.2. The van der Waals surface area contributed by atoms with E-state index in [1.165, 1.54) is 12.1 Å². The number of hydrogen-bond acceptors (Lipinski definition) is 6. The van der Waals surface area contributed by atoms with E-state index >= 15 is 0 Å². The van der Waals surface area contributed by atoms with Gasteiger partial charge in [-0.15, -0.1) is 0 Å². The second-order valence-electron chi connectivity index (χ2n) is 6.05. The van der Waals surface area contributed by atoms with E-state index in [1.807, 2.05) is 0 Å². The SMILES string of the molecule is Cc1ccc(N2C(=O)[C@@H]3[C@H](C2=O)[C@H]2C=C[C@@H]3O2)c([N+](=O)[O-])c1C=O. The molecule has 8 nitrogen and oxygen atoms in total. The lowest BCUT2D eigenvalue weighted by Gasteiger charge is -2.18. The number of carbonyl (C=O) groups is 3. The summed E-state index contributed by atoms with van der Waals surface area (Å²) < 4.78 is 5.54. The predicted molar refractivity (Wildman–Crippen MR) is 80.5 cm³/mol. The normalized spacial score (nSPS) is 30.1. The van der Waals surface area contributed by atoms with Crippen molar-refractivity contribution in [1.82, 2.24) is 0 Å². The van der Waals surface area contributed by atoms with Crippen LogP contribution >= 0.6 is 0 Å². The summed E-state index contributed by atoms with van der Waals surface area (Å²) in [5.74, 6) is -2.36. The Morgan fingerprint density at radius 2 is 1.75 bits per heavy atom. The number of nitro benzene ring substituents is 1. The van der Waals surface area contributed by atoms with Gasteiger partial charge in [0.2, 0.25) is 11.8 Å². The molecule has 0 unspecified atom stereocenters. The van der Waals surface area contributed by atoms with Crippen molar-refractivity contribution in [2.24, 2.45) is 11.8 Å². The van der Waals surface area contributed by atoms with Gasteiger partial charge in [-0.2, -0.15) is 0 Å². The van der Waals surface area contributed by atoms with Gasteiger partial charge in [0, 0.05) is 0 Å². The van der Waals surface area contributed by atoms with Crippen LogP contribution in [0.4, 0.5) is 11.4 Å². The van der Waals surface area contributed by atoms with Crippen molar-refractivity contribution < 1.29 is 24.0 Å². The number of carbonyl (C=O) groups excluding carboxylic acids is 3. The third-order valence-corrected chi connectivity index (χ3v) is 4.87. The van der Waals surface area contributed by atoms with Gasteiger partial charge in [0.15, 0.2) is 6.29 Å². The number of rotatable bonds is 3. The lowest BCUT2D eigenvalue weighted by atomic mass is 9.85. The molecule has 2 fully saturated rings. The van der Waals surface area contributed by atoms with E-state index in [-0.39, 0.29) is 11.3 Å². The van der Waals surface area contributed by atoms with Gasteiger partial charge in [-0.25, -0.2) is 4.90 Å². The van der Waals surface area contributed by atoms with Crippen LogP contribution in [-0.2, 0) is 14.3 Å². The summed E-state index contributed by atoms with van der Waals surface area (Å²) in [6.45, 7) is 1.56. The van der Waals surface area contributed by atoms with Gasteiger partial charge in [-0.05, 0) is 18.6 Å². The zero-order valence-electron chi connectivity index (χ0n) is 12.5. The molecule has 0 radical (unpaired) electrons. The van der Waals surface area contributed by atoms with Gasteiger partial charge in [0.05, 0.1) is 34.5 Å². The smallest absolute Gasteiger partial charge is 0.304 e. The Morgan fingerprint density at radius 1 is 1.17 bits per heavy atom. The molecule has 0 saturated carbocycles. The first-order valence-electron chi connectivity index (χ1n) is 7.40. The average molecular weight is 328 g/mol. The molecular formula is C16H12N2O6. The van der Waals surface area contributed by atoms with Crippen molar-refractivity contribution in [2.45, 2.75) is 19.1 Å². The topological polar surface area (TPSA) is 107 Å². The van der Waals surface area contributed by atoms with Crippen LogP contribution in [0.2, 0.25) is 0 Å². The molecule has 2 bridgehead atoms. The fourth-order valence-corrected chi connectivity index (χ4v) is 3.76. The van der Waals surface area contributed by atoms with Crippen LogP contribution in [0.25, 0.3) is 0 Å². The number of ether oxygens (including phenoxy) is 1. The zero-order valence-corrected chi connectivity index (χ0v) is 12.5. The van der Waals surface area contributed by atoms with Crippen LogP contribution in [0.3, 0.4) is 0 Å². The summed E-state index contributed by atoms with van der Waals surface area (Å²) in [5.41, 5.74) is -0.401. The Labute approximate surface area is 135 Å². The number of nitro groups is 1. The quantitative estimate of drug-likeness (QED) is 0.271. The van der Waals surface area contributed by atoms with Gasteiger partial charge in [0.25, 0.3) is 0 Å². The molecule has 3 heterocycles. The van der Waals surface area contributed by atoms with Crippen LogP contribution < -0.4 is 4.90 Å². The van der Waals surface area contributed by atoms with Crippen LogP contribution in [0.1, 0.15) is 15.9 Å². The van der Waals surface area contributed by atoms with Crippen LogP contribution in [0.5, 0.6) is 0 Å². The predicted octanol–water partition coefficient (Wildman–Crippen LogP) is 1.16. The van der Waals surface area contributed by atoms with Crippen LogP contribution in [-0.4, -0.2) is 35.2 Å². The standard InChI is InChI=1S/C16H12N2O6/c1-7-2-3-9(14(18(22)23)8(7)6-19)17-15(20)12-10-4-5-11(24-10)13(12)16(17)21/h2-6,10-13H,1H3/t10-,11+,12-,13+. The molecule has 8 heteroatoms. The Bertz CT molecular complexity index is 815. The van der Waals surface area contributed by atoms with E-state index in [4.69, 9.17) is 4.74 Å². The second kappa shape index (κ2) is 4.81. The maximum absolute atomic E-state index is 12.7. The lowest BCUT2D eigenvalue weighted by Crippen LogP contribution is -2.35. The fraction of sp³-hybridized carbons (Fsp3) is 0.312. The summed E-state index contributed by atoms with van der Waals surface area (Å²) >= 11 is 0. The number of aldehydes is 1. The summed E-state index contributed by atoms with van der Waals surface area (Å²) in [5, 5.41) is 11.5. The highest BCUT2D eigenvalue weighted by molar-refractivity contribution is 6.24.